The topological polar surface area (TPSA) is 75.0 Å². The quantitative estimate of drug-likeness (QED) is 0.787. The molecule has 3 rings (SSSR count). The average Bonchev–Trinajstić information content (AvgIpc) is 2.48. The molecule has 0 aliphatic carbocycles. The lowest BCUT2D eigenvalue weighted by molar-refractivity contribution is -0.137. The minimum atomic E-state index is -4.43. The summed E-state index contributed by atoms with van der Waals surface area (Å²) in [6.45, 7) is 0.0843. The van der Waals surface area contributed by atoms with E-state index in [1.807, 2.05) is 0 Å². The second-order valence-corrected chi connectivity index (χ2v) is 5.85. The van der Waals surface area contributed by atoms with E-state index in [0.29, 0.717) is 10.6 Å². The summed E-state index contributed by atoms with van der Waals surface area (Å²) < 4.78 is 43.3. The van der Waals surface area contributed by atoms with Gasteiger partial charge in [-0.15, -0.1) is 11.8 Å². The van der Waals surface area contributed by atoms with E-state index in [9.17, 15) is 22.8 Å². The molecule has 0 saturated carbocycles. The summed E-state index contributed by atoms with van der Waals surface area (Å²) in [5.74, 6) is 0.155. The number of rotatable bonds is 1. The fourth-order valence-corrected chi connectivity index (χ4v) is 3.08. The predicted octanol–water partition coefficient (Wildman–Crippen LogP) is 2.31. The molecule has 1 aliphatic heterocycles. The number of hydrogen-bond donors (Lipinski definition) is 2. The number of benzene rings is 1. The molecule has 5 nitrogen and oxygen atoms in total. The van der Waals surface area contributed by atoms with Gasteiger partial charge in [-0.1, -0.05) is 0 Å². The van der Waals surface area contributed by atoms with Gasteiger partial charge in [-0.3, -0.25) is 9.59 Å². The van der Waals surface area contributed by atoms with Crippen LogP contribution in [-0.4, -0.2) is 16.6 Å². The van der Waals surface area contributed by atoms with Crippen LogP contribution in [0.3, 0.4) is 0 Å². The maximum absolute atomic E-state index is 12.6. The van der Waals surface area contributed by atoms with E-state index in [4.69, 9.17) is 4.74 Å². The van der Waals surface area contributed by atoms with Crippen LogP contribution in [0.2, 0.25) is 0 Å². The first kappa shape index (κ1) is 14.8. The second-order valence-electron chi connectivity index (χ2n) is 4.60. The molecule has 22 heavy (non-hydrogen) atoms. The third-order valence-corrected chi connectivity index (χ3v) is 4.37. The van der Waals surface area contributed by atoms with Gasteiger partial charge < -0.3 is 14.7 Å². The minimum absolute atomic E-state index is 0.0843. The van der Waals surface area contributed by atoms with Crippen LogP contribution in [0.5, 0.6) is 5.75 Å². The number of thioether (sulfide) groups is 1. The molecule has 0 radical (unpaired) electrons. The summed E-state index contributed by atoms with van der Waals surface area (Å²) in [4.78, 5) is 27.6. The first-order valence-corrected chi connectivity index (χ1v) is 7.05. The SMILES string of the molecule is O=c1[nH]cc([C@@H]2COc3cc(C(F)(F)F)ccc3S2)[nH]c1=O. The Balaban J connectivity index is 1.89. The molecule has 0 fully saturated rings. The Kier molecular flexibility index (Phi) is 3.51. The third-order valence-electron chi connectivity index (χ3n) is 3.10. The lowest BCUT2D eigenvalue weighted by Gasteiger charge is -2.25. The molecule has 1 atom stereocenters. The Bertz CT molecular complexity index is 828. The van der Waals surface area contributed by atoms with Gasteiger partial charge in [0.15, 0.2) is 0 Å². The number of hydrogen-bond acceptors (Lipinski definition) is 4. The summed E-state index contributed by atoms with van der Waals surface area (Å²) >= 11 is 1.26. The molecule has 1 aromatic carbocycles. The van der Waals surface area contributed by atoms with Crippen molar-refractivity contribution in [2.75, 3.05) is 6.61 Å². The van der Waals surface area contributed by atoms with E-state index in [0.717, 1.165) is 12.1 Å². The normalized spacial score (nSPS) is 17.7. The van der Waals surface area contributed by atoms with Crippen LogP contribution in [0.4, 0.5) is 13.2 Å². The van der Waals surface area contributed by atoms with Gasteiger partial charge >= 0.3 is 17.3 Å². The molecule has 2 N–H and O–H groups in total. The van der Waals surface area contributed by atoms with Gasteiger partial charge in [0, 0.05) is 6.20 Å². The number of halogens is 3. The van der Waals surface area contributed by atoms with Crippen molar-refractivity contribution in [1.82, 2.24) is 9.97 Å². The molecular weight excluding hydrogens is 321 g/mol. The van der Waals surface area contributed by atoms with Gasteiger partial charge in [-0.2, -0.15) is 13.2 Å². The van der Waals surface area contributed by atoms with Crippen LogP contribution in [0, 0.1) is 0 Å². The first-order valence-electron chi connectivity index (χ1n) is 6.17. The molecule has 0 saturated heterocycles. The smallest absolute Gasteiger partial charge is 0.416 e. The lowest BCUT2D eigenvalue weighted by Crippen LogP contribution is -2.31. The van der Waals surface area contributed by atoms with Crippen LogP contribution in [-0.2, 0) is 6.18 Å². The number of alkyl halides is 3. The van der Waals surface area contributed by atoms with Crippen LogP contribution < -0.4 is 15.9 Å². The summed E-state index contributed by atoms with van der Waals surface area (Å²) in [6.07, 6.45) is -3.07. The van der Waals surface area contributed by atoms with Crippen molar-refractivity contribution in [2.24, 2.45) is 0 Å². The maximum Gasteiger partial charge on any atom is 0.416 e. The fourth-order valence-electron chi connectivity index (χ4n) is 2.01. The van der Waals surface area contributed by atoms with Gasteiger partial charge in [0.1, 0.15) is 12.4 Å². The number of aromatic amines is 2. The highest BCUT2D eigenvalue weighted by Gasteiger charge is 2.33. The minimum Gasteiger partial charge on any atom is -0.491 e. The standard InChI is InChI=1S/C13H9F3N2O3S/c14-13(15,16)6-1-2-9-8(3-6)21-5-10(22-9)7-4-17-11(19)12(20)18-7/h1-4,10H,5H2,(H,17,19)(H,18,20)/t10-/m0/s1. The lowest BCUT2D eigenvalue weighted by atomic mass is 10.2. The van der Waals surface area contributed by atoms with Gasteiger partial charge in [0.2, 0.25) is 0 Å². The maximum atomic E-state index is 12.6. The third kappa shape index (κ3) is 2.76. The zero-order valence-corrected chi connectivity index (χ0v) is 11.7. The average molecular weight is 330 g/mol. The molecule has 9 heteroatoms. The Hall–Kier alpha value is -2.16. The zero-order chi connectivity index (χ0) is 15.9. The number of fused-ring (bicyclic) bond motifs is 1. The number of H-pyrrole nitrogens is 2. The monoisotopic (exact) mass is 330 g/mol. The van der Waals surface area contributed by atoms with Crippen molar-refractivity contribution in [2.45, 2.75) is 16.3 Å². The van der Waals surface area contributed by atoms with Gasteiger partial charge in [0.25, 0.3) is 0 Å². The largest absolute Gasteiger partial charge is 0.491 e. The van der Waals surface area contributed by atoms with Crippen molar-refractivity contribution >= 4 is 11.8 Å². The van der Waals surface area contributed by atoms with E-state index in [1.165, 1.54) is 24.0 Å². The van der Waals surface area contributed by atoms with Crippen molar-refractivity contribution in [3.63, 3.8) is 0 Å². The summed E-state index contributed by atoms with van der Waals surface area (Å²) in [7, 11) is 0. The number of nitrogens with one attached hydrogen (secondary N) is 2. The zero-order valence-electron chi connectivity index (χ0n) is 10.9. The summed E-state index contributed by atoms with van der Waals surface area (Å²) in [6, 6.07) is 3.26. The first-order chi connectivity index (χ1) is 10.3. The Morgan fingerprint density at radius 2 is 2.00 bits per heavy atom. The van der Waals surface area contributed by atoms with Crippen LogP contribution >= 0.6 is 11.8 Å². The van der Waals surface area contributed by atoms with Crippen LogP contribution in [0.15, 0.2) is 38.9 Å². The second kappa shape index (κ2) is 5.24. The molecular formula is C13H9F3N2O3S. The Labute approximate surface area is 125 Å². The Morgan fingerprint density at radius 3 is 2.68 bits per heavy atom. The molecule has 0 amide bonds. The number of aromatic nitrogens is 2. The fraction of sp³-hybridized carbons (Fsp3) is 0.231. The molecule has 0 bridgehead atoms. The number of ether oxygens (including phenoxy) is 1. The summed E-state index contributed by atoms with van der Waals surface area (Å²) in [5.41, 5.74) is -1.88. The van der Waals surface area contributed by atoms with Gasteiger partial charge in [-0.25, -0.2) is 0 Å². The van der Waals surface area contributed by atoms with Crippen molar-refractivity contribution in [1.29, 1.82) is 0 Å². The van der Waals surface area contributed by atoms with Crippen molar-refractivity contribution in [3.8, 4) is 5.75 Å². The van der Waals surface area contributed by atoms with Crippen LogP contribution in [0.25, 0.3) is 0 Å². The van der Waals surface area contributed by atoms with E-state index in [-0.39, 0.29) is 17.6 Å². The predicted molar refractivity (Wildman–Crippen MR) is 73.2 cm³/mol. The van der Waals surface area contributed by atoms with Crippen molar-refractivity contribution < 1.29 is 17.9 Å². The Morgan fingerprint density at radius 1 is 1.23 bits per heavy atom. The molecule has 116 valence electrons. The molecule has 1 aromatic heterocycles. The molecule has 2 aromatic rings. The highest BCUT2D eigenvalue weighted by atomic mass is 32.2. The van der Waals surface area contributed by atoms with E-state index in [2.05, 4.69) is 9.97 Å². The summed E-state index contributed by atoms with van der Waals surface area (Å²) in [5, 5.41) is -0.325. The highest BCUT2D eigenvalue weighted by Crippen LogP contribution is 2.45. The highest BCUT2D eigenvalue weighted by molar-refractivity contribution is 7.99. The molecule has 0 unspecified atom stereocenters. The van der Waals surface area contributed by atoms with Gasteiger partial charge in [-0.05, 0) is 18.2 Å². The van der Waals surface area contributed by atoms with Crippen LogP contribution in [0.1, 0.15) is 16.5 Å². The van der Waals surface area contributed by atoms with Crippen molar-refractivity contribution in [3.05, 3.63) is 56.4 Å². The van der Waals surface area contributed by atoms with E-state index < -0.39 is 22.9 Å². The molecule has 1 aliphatic rings. The van der Waals surface area contributed by atoms with E-state index >= 15 is 0 Å². The van der Waals surface area contributed by atoms with E-state index in [1.54, 1.807) is 0 Å². The molecule has 0 spiro atoms. The van der Waals surface area contributed by atoms with Gasteiger partial charge in [0.05, 0.1) is 21.4 Å². The molecule has 2 heterocycles.